The minimum atomic E-state index is -0.0749. The standard InChI is InChI=1S/C12H14BrNO3/c13-11-5-3-10(17-11)4-6-12(16)14-7-1-2-9(14)8-15/h3-6,9,15H,1-2,7-8H2/t9-/m1/s1. The van der Waals surface area contributed by atoms with Gasteiger partial charge in [-0.2, -0.15) is 0 Å². The van der Waals surface area contributed by atoms with E-state index in [0.29, 0.717) is 10.4 Å². The number of hydrogen-bond acceptors (Lipinski definition) is 3. The molecular formula is C12H14BrNO3. The van der Waals surface area contributed by atoms with Gasteiger partial charge >= 0.3 is 0 Å². The van der Waals surface area contributed by atoms with Crippen LogP contribution in [-0.2, 0) is 4.79 Å². The Bertz CT molecular complexity index is 427. The number of furan rings is 1. The average molecular weight is 300 g/mol. The van der Waals surface area contributed by atoms with Crippen molar-refractivity contribution < 1.29 is 14.3 Å². The molecule has 1 N–H and O–H groups in total. The van der Waals surface area contributed by atoms with E-state index in [9.17, 15) is 4.79 Å². The van der Waals surface area contributed by atoms with Crippen molar-refractivity contribution in [2.75, 3.05) is 13.2 Å². The predicted molar refractivity (Wildman–Crippen MR) is 67.3 cm³/mol. The van der Waals surface area contributed by atoms with Gasteiger partial charge in [-0.05, 0) is 47.0 Å². The smallest absolute Gasteiger partial charge is 0.247 e. The van der Waals surface area contributed by atoms with Gasteiger partial charge < -0.3 is 14.4 Å². The molecule has 4 nitrogen and oxygen atoms in total. The maximum atomic E-state index is 11.9. The van der Waals surface area contributed by atoms with Crippen molar-refractivity contribution in [3.05, 3.63) is 28.6 Å². The molecule has 0 bridgehead atoms. The fraction of sp³-hybridized carbons (Fsp3) is 0.417. The van der Waals surface area contributed by atoms with Crippen LogP contribution in [0.1, 0.15) is 18.6 Å². The highest BCUT2D eigenvalue weighted by molar-refractivity contribution is 9.10. The molecule has 1 aliphatic heterocycles. The first-order valence-corrected chi connectivity index (χ1v) is 6.35. The summed E-state index contributed by atoms with van der Waals surface area (Å²) in [7, 11) is 0. The van der Waals surface area contributed by atoms with E-state index in [1.165, 1.54) is 6.08 Å². The third-order valence-corrected chi connectivity index (χ3v) is 3.28. The summed E-state index contributed by atoms with van der Waals surface area (Å²) in [5.41, 5.74) is 0. The molecule has 0 unspecified atom stereocenters. The maximum Gasteiger partial charge on any atom is 0.247 e. The van der Waals surface area contributed by atoms with Crippen LogP contribution in [0.4, 0.5) is 0 Å². The highest BCUT2D eigenvalue weighted by Crippen LogP contribution is 2.18. The summed E-state index contributed by atoms with van der Waals surface area (Å²) in [6, 6.07) is 3.52. The lowest BCUT2D eigenvalue weighted by molar-refractivity contribution is -0.127. The lowest BCUT2D eigenvalue weighted by Gasteiger charge is -2.21. The van der Waals surface area contributed by atoms with Gasteiger partial charge in [0.05, 0.1) is 12.6 Å². The van der Waals surface area contributed by atoms with Gasteiger partial charge in [0, 0.05) is 12.6 Å². The van der Waals surface area contributed by atoms with Crippen molar-refractivity contribution in [1.82, 2.24) is 4.90 Å². The second kappa shape index (κ2) is 5.51. The fourth-order valence-corrected chi connectivity index (χ4v) is 2.30. The zero-order valence-electron chi connectivity index (χ0n) is 9.30. The van der Waals surface area contributed by atoms with Crippen LogP contribution >= 0.6 is 15.9 Å². The van der Waals surface area contributed by atoms with Crippen LogP contribution in [0.25, 0.3) is 6.08 Å². The molecule has 0 radical (unpaired) electrons. The summed E-state index contributed by atoms with van der Waals surface area (Å²) in [6.07, 6.45) is 4.96. The van der Waals surface area contributed by atoms with Crippen LogP contribution in [0.15, 0.2) is 27.3 Å². The number of amides is 1. The molecule has 0 aromatic carbocycles. The molecule has 1 aromatic heterocycles. The van der Waals surface area contributed by atoms with Crippen LogP contribution in [0, 0.1) is 0 Å². The highest BCUT2D eigenvalue weighted by atomic mass is 79.9. The second-order valence-corrected chi connectivity index (χ2v) is 4.77. The van der Waals surface area contributed by atoms with Gasteiger partial charge in [-0.1, -0.05) is 0 Å². The lowest BCUT2D eigenvalue weighted by atomic mass is 10.2. The van der Waals surface area contributed by atoms with Crippen LogP contribution < -0.4 is 0 Å². The van der Waals surface area contributed by atoms with Crippen molar-refractivity contribution in [2.45, 2.75) is 18.9 Å². The summed E-state index contributed by atoms with van der Waals surface area (Å²) < 4.78 is 5.90. The highest BCUT2D eigenvalue weighted by Gasteiger charge is 2.26. The number of aliphatic hydroxyl groups excluding tert-OH is 1. The zero-order chi connectivity index (χ0) is 12.3. The van der Waals surface area contributed by atoms with Gasteiger partial charge in [0.25, 0.3) is 0 Å². The van der Waals surface area contributed by atoms with E-state index in [4.69, 9.17) is 9.52 Å². The Hall–Kier alpha value is -1.07. The molecule has 2 rings (SSSR count). The average Bonchev–Trinajstić information content (AvgIpc) is 2.94. The van der Waals surface area contributed by atoms with E-state index in [1.54, 1.807) is 23.1 Å². The third-order valence-electron chi connectivity index (χ3n) is 2.86. The minimum absolute atomic E-state index is 0.0320. The number of nitrogens with zero attached hydrogens (tertiary/aromatic N) is 1. The molecule has 2 heterocycles. The summed E-state index contributed by atoms with van der Waals surface area (Å²) in [5.74, 6) is 0.555. The number of halogens is 1. The monoisotopic (exact) mass is 299 g/mol. The summed E-state index contributed by atoms with van der Waals surface area (Å²) in [5, 5.41) is 9.13. The first kappa shape index (κ1) is 12.4. The molecule has 5 heteroatoms. The van der Waals surface area contributed by atoms with Crippen molar-refractivity contribution >= 4 is 27.9 Å². The van der Waals surface area contributed by atoms with Gasteiger partial charge in [0.2, 0.25) is 5.91 Å². The molecule has 1 amide bonds. The van der Waals surface area contributed by atoms with Gasteiger partial charge in [0.1, 0.15) is 5.76 Å². The Morgan fingerprint density at radius 1 is 1.65 bits per heavy atom. The van der Waals surface area contributed by atoms with Crippen LogP contribution in [0.3, 0.4) is 0 Å². The number of carbonyl (C=O) groups excluding carboxylic acids is 1. The van der Waals surface area contributed by atoms with E-state index in [0.717, 1.165) is 19.4 Å². The number of hydrogen-bond donors (Lipinski definition) is 1. The summed E-state index contributed by atoms with van der Waals surface area (Å²) >= 11 is 3.20. The quantitative estimate of drug-likeness (QED) is 0.869. The second-order valence-electron chi connectivity index (χ2n) is 3.99. The molecular weight excluding hydrogens is 286 g/mol. The molecule has 0 aliphatic carbocycles. The van der Waals surface area contributed by atoms with Crippen molar-refractivity contribution in [3.63, 3.8) is 0 Å². The van der Waals surface area contributed by atoms with Crippen molar-refractivity contribution in [3.8, 4) is 0 Å². The Morgan fingerprint density at radius 3 is 3.12 bits per heavy atom. The number of carbonyl (C=O) groups is 1. The molecule has 1 saturated heterocycles. The molecule has 1 aliphatic rings. The first-order valence-electron chi connectivity index (χ1n) is 5.55. The Balaban J connectivity index is 1.99. The Morgan fingerprint density at radius 2 is 2.47 bits per heavy atom. The predicted octanol–water partition coefficient (Wildman–Crippen LogP) is 2.04. The maximum absolute atomic E-state index is 11.9. The SMILES string of the molecule is O=C(C=Cc1ccc(Br)o1)N1CCC[C@@H]1CO. The number of likely N-dealkylation sites (tertiary alicyclic amines) is 1. The van der Waals surface area contributed by atoms with Gasteiger partial charge in [0.15, 0.2) is 4.67 Å². The van der Waals surface area contributed by atoms with Crippen molar-refractivity contribution in [1.29, 1.82) is 0 Å². The number of rotatable bonds is 3. The van der Waals surface area contributed by atoms with E-state index in [1.807, 2.05) is 0 Å². The van der Waals surface area contributed by atoms with E-state index in [-0.39, 0.29) is 18.6 Å². The van der Waals surface area contributed by atoms with E-state index in [2.05, 4.69) is 15.9 Å². The molecule has 1 fully saturated rings. The molecule has 92 valence electrons. The fourth-order valence-electron chi connectivity index (χ4n) is 1.98. The summed E-state index contributed by atoms with van der Waals surface area (Å²) in [4.78, 5) is 13.6. The van der Waals surface area contributed by atoms with E-state index >= 15 is 0 Å². The van der Waals surface area contributed by atoms with Gasteiger partial charge in [-0.25, -0.2) is 0 Å². The largest absolute Gasteiger partial charge is 0.450 e. The van der Waals surface area contributed by atoms with Crippen LogP contribution in [-0.4, -0.2) is 35.1 Å². The lowest BCUT2D eigenvalue weighted by Crippen LogP contribution is -2.36. The third kappa shape index (κ3) is 2.98. The molecule has 1 atom stereocenters. The van der Waals surface area contributed by atoms with E-state index < -0.39 is 0 Å². The molecule has 0 spiro atoms. The van der Waals surface area contributed by atoms with Crippen molar-refractivity contribution in [2.24, 2.45) is 0 Å². The topological polar surface area (TPSA) is 53.7 Å². The zero-order valence-corrected chi connectivity index (χ0v) is 10.9. The minimum Gasteiger partial charge on any atom is -0.450 e. The molecule has 17 heavy (non-hydrogen) atoms. The molecule has 0 saturated carbocycles. The Kier molecular flexibility index (Phi) is 4.02. The first-order chi connectivity index (χ1) is 8.20. The normalized spacial score (nSPS) is 20.4. The Labute approximate surface area is 108 Å². The molecule has 1 aromatic rings. The van der Waals surface area contributed by atoms with Crippen LogP contribution in [0.2, 0.25) is 0 Å². The number of aliphatic hydroxyl groups is 1. The van der Waals surface area contributed by atoms with Crippen LogP contribution in [0.5, 0.6) is 0 Å². The summed E-state index contributed by atoms with van der Waals surface area (Å²) in [6.45, 7) is 0.752. The van der Waals surface area contributed by atoms with Gasteiger partial charge in [-0.15, -0.1) is 0 Å². The van der Waals surface area contributed by atoms with Gasteiger partial charge in [-0.3, -0.25) is 4.79 Å².